The van der Waals surface area contributed by atoms with Gasteiger partial charge in [0.2, 0.25) is 11.8 Å². The standard InChI is InChI=1S/C14H24N4O4/c19-7-1-3-9(15-5-7)11-13(21)18-12(14(22)17-11)10-4-2-8(20)6-16-10/h7-12,15-16,19-20H,1-6H2,(H,17,22)(H,18,21). The van der Waals surface area contributed by atoms with Crippen molar-refractivity contribution < 1.29 is 19.8 Å². The molecule has 124 valence electrons. The maximum Gasteiger partial charge on any atom is 0.244 e. The third kappa shape index (κ3) is 3.24. The average Bonchev–Trinajstić information content (AvgIpc) is 2.51. The minimum absolute atomic E-state index is 0.144. The molecule has 3 rings (SSSR count). The van der Waals surface area contributed by atoms with Gasteiger partial charge in [0.15, 0.2) is 0 Å². The molecular weight excluding hydrogens is 288 g/mol. The molecule has 0 radical (unpaired) electrons. The van der Waals surface area contributed by atoms with E-state index < -0.39 is 12.1 Å². The lowest BCUT2D eigenvalue weighted by atomic mass is 9.90. The Hall–Kier alpha value is -1.22. The summed E-state index contributed by atoms with van der Waals surface area (Å²) in [6, 6.07) is -1.47. The van der Waals surface area contributed by atoms with Crippen LogP contribution in [0, 0.1) is 0 Å². The van der Waals surface area contributed by atoms with Gasteiger partial charge in [0.1, 0.15) is 12.1 Å². The summed E-state index contributed by atoms with van der Waals surface area (Å²) in [4.78, 5) is 24.7. The number of carbonyl (C=O) groups is 2. The van der Waals surface area contributed by atoms with Crippen molar-refractivity contribution in [3.8, 4) is 0 Å². The average molecular weight is 312 g/mol. The number of nitrogens with one attached hydrogen (secondary N) is 4. The summed E-state index contributed by atoms with van der Waals surface area (Å²) in [5.41, 5.74) is 0. The molecule has 0 aliphatic carbocycles. The van der Waals surface area contributed by atoms with E-state index in [4.69, 9.17) is 0 Å². The Morgan fingerprint density at radius 2 is 1.14 bits per heavy atom. The van der Waals surface area contributed by atoms with Crippen LogP contribution in [0.1, 0.15) is 25.7 Å². The lowest BCUT2D eigenvalue weighted by molar-refractivity contribution is -0.139. The van der Waals surface area contributed by atoms with E-state index in [0.29, 0.717) is 38.8 Å². The van der Waals surface area contributed by atoms with Crippen molar-refractivity contribution in [3.63, 3.8) is 0 Å². The second kappa shape index (κ2) is 6.49. The van der Waals surface area contributed by atoms with E-state index in [-0.39, 0.29) is 36.1 Å². The molecule has 3 aliphatic heterocycles. The van der Waals surface area contributed by atoms with Crippen LogP contribution in [0.25, 0.3) is 0 Å². The van der Waals surface area contributed by atoms with Gasteiger partial charge in [-0.1, -0.05) is 0 Å². The number of β-amino-alcohol motifs (C(OH)–C–C–N with tert-alkyl or cyclic N) is 2. The number of carbonyl (C=O) groups excluding carboxylic acids is 2. The van der Waals surface area contributed by atoms with E-state index in [2.05, 4.69) is 21.3 Å². The smallest absolute Gasteiger partial charge is 0.244 e. The van der Waals surface area contributed by atoms with Gasteiger partial charge in [0, 0.05) is 25.2 Å². The molecule has 6 unspecified atom stereocenters. The van der Waals surface area contributed by atoms with Gasteiger partial charge in [0.25, 0.3) is 0 Å². The zero-order valence-corrected chi connectivity index (χ0v) is 12.4. The Balaban J connectivity index is 1.59. The van der Waals surface area contributed by atoms with Gasteiger partial charge in [-0.05, 0) is 25.7 Å². The molecule has 0 aromatic carbocycles. The van der Waals surface area contributed by atoms with E-state index in [1.54, 1.807) is 0 Å². The summed E-state index contributed by atoms with van der Waals surface area (Å²) in [6.45, 7) is 0.881. The van der Waals surface area contributed by atoms with Gasteiger partial charge >= 0.3 is 0 Å². The summed E-state index contributed by atoms with van der Waals surface area (Å²) >= 11 is 0. The molecule has 8 nitrogen and oxygen atoms in total. The van der Waals surface area contributed by atoms with Gasteiger partial charge in [-0.25, -0.2) is 0 Å². The van der Waals surface area contributed by atoms with E-state index in [1.807, 2.05) is 0 Å². The number of piperazine rings is 1. The predicted molar refractivity (Wildman–Crippen MR) is 77.9 cm³/mol. The fourth-order valence-electron chi connectivity index (χ4n) is 3.48. The first-order valence-corrected chi connectivity index (χ1v) is 7.98. The number of amides is 2. The zero-order chi connectivity index (χ0) is 15.7. The van der Waals surface area contributed by atoms with Gasteiger partial charge in [-0.15, -0.1) is 0 Å². The summed E-state index contributed by atoms with van der Waals surface area (Å²) in [6.07, 6.45) is 1.79. The lowest BCUT2D eigenvalue weighted by Gasteiger charge is -2.40. The summed E-state index contributed by atoms with van der Waals surface area (Å²) in [5.74, 6) is -0.377. The molecule has 6 N–H and O–H groups in total. The first kappa shape index (κ1) is 15.7. The molecule has 0 aromatic rings. The predicted octanol–water partition coefficient (Wildman–Crippen LogP) is -2.80. The van der Waals surface area contributed by atoms with E-state index in [9.17, 15) is 19.8 Å². The first-order chi connectivity index (χ1) is 10.5. The van der Waals surface area contributed by atoms with Crippen LogP contribution in [0.5, 0.6) is 0 Å². The largest absolute Gasteiger partial charge is 0.392 e. The van der Waals surface area contributed by atoms with Gasteiger partial charge < -0.3 is 31.5 Å². The Morgan fingerprint density at radius 3 is 1.45 bits per heavy atom. The van der Waals surface area contributed by atoms with Gasteiger partial charge in [-0.2, -0.15) is 0 Å². The highest BCUT2D eigenvalue weighted by Crippen LogP contribution is 2.17. The molecule has 2 amide bonds. The molecule has 0 saturated carbocycles. The molecule has 6 atom stereocenters. The monoisotopic (exact) mass is 312 g/mol. The summed E-state index contributed by atoms with van der Waals surface area (Å²) in [7, 11) is 0. The molecule has 22 heavy (non-hydrogen) atoms. The zero-order valence-electron chi connectivity index (χ0n) is 12.4. The number of hydrogen-bond acceptors (Lipinski definition) is 6. The third-order valence-electron chi connectivity index (χ3n) is 4.82. The van der Waals surface area contributed by atoms with Crippen LogP contribution in [-0.4, -0.2) is 71.5 Å². The SMILES string of the molecule is O=C1NC(C2CCC(O)CN2)C(=O)NC1C1CCC(O)CN1. The number of piperidine rings is 2. The summed E-state index contributed by atoms with van der Waals surface area (Å²) in [5, 5.41) is 30.8. The minimum atomic E-state index is -0.592. The second-order valence-electron chi connectivity index (χ2n) is 6.46. The molecular formula is C14H24N4O4. The third-order valence-corrected chi connectivity index (χ3v) is 4.82. The Labute approximate surface area is 129 Å². The van der Waals surface area contributed by atoms with Gasteiger partial charge in [0.05, 0.1) is 12.2 Å². The van der Waals surface area contributed by atoms with Crippen LogP contribution in [0.4, 0.5) is 0 Å². The van der Waals surface area contributed by atoms with E-state index >= 15 is 0 Å². The van der Waals surface area contributed by atoms with Crippen molar-refractivity contribution in [2.75, 3.05) is 13.1 Å². The molecule has 0 bridgehead atoms. The quantitative estimate of drug-likeness (QED) is 0.327. The highest BCUT2D eigenvalue weighted by atomic mass is 16.3. The van der Waals surface area contributed by atoms with E-state index in [0.717, 1.165) is 0 Å². The van der Waals surface area contributed by atoms with Crippen LogP contribution in [0.2, 0.25) is 0 Å². The van der Waals surface area contributed by atoms with Crippen LogP contribution < -0.4 is 21.3 Å². The van der Waals surface area contributed by atoms with Gasteiger partial charge in [-0.3, -0.25) is 9.59 Å². The van der Waals surface area contributed by atoms with Crippen molar-refractivity contribution in [1.82, 2.24) is 21.3 Å². The maximum absolute atomic E-state index is 12.3. The molecule has 3 heterocycles. The van der Waals surface area contributed by atoms with Crippen molar-refractivity contribution in [3.05, 3.63) is 0 Å². The van der Waals surface area contributed by atoms with E-state index in [1.165, 1.54) is 0 Å². The first-order valence-electron chi connectivity index (χ1n) is 7.98. The topological polar surface area (TPSA) is 123 Å². The molecule has 3 saturated heterocycles. The summed E-state index contributed by atoms with van der Waals surface area (Å²) < 4.78 is 0. The number of aliphatic hydroxyl groups is 2. The Bertz CT molecular complexity index is 391. The maximum atomic E-state index is 12.3. The van der Waals surface area contributed by atoms with Crippen LogP contribution in [0.15, 0.2) is 0 Å². The molecule has 3 fully saturated rings. The van der Waals surface area contributed by atoms with Crippen molar-refractivity contribution in [1.29, 1.82) is 0 Å². The number of rotatable bonds is 2. The van der Waals surface area contributed by atoms with Crippen LogP contribution in [0.3, 0.4) is 0 Å². The van der Waals surface area contributed by atoms with Crippen LogP contribution >= 0.6 is 0 Å². The van der Waals surface area contributed by atoms with Crippen LogP contribution in [-0.2, 0) is 9.59 Å². The Kier molecular flexibility index (Phi) is 4.62. The molecule has 0 aromatic heterocycles. The highest BCUT2D eigenvalue weighted by Gasteiger charge is 2.42. The van der Waals surface area contributed by atoms with Crippen molar-refractivity contribution in [2.45, 2.75) is 62.1 Å². The van der Waals surface area contributed by atoms with Crippen molar-refractivity contribution in [2.24, 2.45) is 0 Å². The Morgan fingerprint density at radius 1 is 0.727 bits per heavy atom. The molecule has 3 aliphatic rings. The number of hydrogen-bond donors (Lipinski definition) is 6. The highest BCUT2D eigenvalue weighted by molar-refractivity contribution is 5.97. The minimum Gasteiger partial charge on any atom is -0.392 e. The lowest BCUT2D eigenvalue weighted by Crippen LogP contribution is -2.72. The number of aliphatic hydroxyl groups excluding tert-OH is 2. The fraction of sp³-hybridized carbons (Fsp3) is 0.857. The second-order valence-corrected chi connectivity index (χ2v) is 6.46. The normalized spacial score (nSPS) is 43.4. The van der Waals surface area contributed by atoms with Crippen molar-refractivity contribution >= 4 is 11.8 Å². The molecule has 0 spiro atoms. The fourth-order valence-corrected chi connectivity index (χ4v) is 3.48. The molecule has 8 heteroatoms.